The summed E-state index contributed by atoms with van der Waals surface area (Å²) in [6.45, 7) is 3.70. The van der Waals surface area contributed by atoms with Crippen LogP contribution in [0, 0.1) is 5.92 Å². The van der Waals surface area contributed by atoms with E-state index in [1.54, 1.807) is 0 Å². The Morgan fingerprint density at radius 2 is 1.85 bits per heavy atom. The molecule has 1 atom stereocenters. The van der Waals surface area contributed by atoms with E-state index in [4.69, 9.17) is 16.6 Å². The Labute approximate surface area is 182 Å². The third-order valence-corrected chi connectivity index (χ3v) is 7.30. The number of pyridine rings is 1. The zero-order valence-electron chi connectivity index (χ0n) is 15.3. The molecule has 0 saturated carbocycles. The first kappa shape index (κ1) is 19.9. The topological polar surface area (TPSA) is 36.4 Å². The molecule has 2 aliphatic rings. The van der Waals surface area contributed by atoms with Crippen LogP contribution in [0.1, 0.15) is 41.1 Å². The number of aryl methyl sites for hydroxylation is 2. The molecule has 1 N–H and O–H groups in total. The van der Waals surface area contributed by atoms with Crippen molar-refractivity contribution < 1.29 is 5.02 Å². The van der Waals surface area contributed by atoms with E-state index < -0.39 is 0 Å². The number of piperidine rings is 1. The number of benzene rings is 1. The largest absolute Gasteiger partial charge is 0.437 e. The van der Waals surface area contributed by atoms with Crippen molar-refractivity contribution in [1.29, 1.82) is 0 Å². The summed E-state index contributed by atoms with van der Waals surface area (Å²) in [5.41, 5.74) is 5.21. The molecule has 142 valence electrons. The number of hydrogen-bond acceptors (Lipinski definition) is 3. The Morgan fingerprint density at radius 3 is 2.56 bits per heavy atom. The fourth-order valence-electron chi connectivity index (χ4n) is 4.66. The van der Waals surface area contributed by atoms with Crippen molar-refractivity contribution in [2.45, 2.75) is 38.4 Å². The van der Waals surface area contributed by atoms with Crippen molar-refractivity contribution >= 4 is 50.5 Å². The fourth-order valence-corrected chi connectivity index (χ4v) is 6.16. The summed E-state index contributed by atoms with van der Waals surface area (Å²) in [4.78, 5) is 7.04. The van der Waals surface area contributed by atoms with Crippen molar-refractivity contribution in [1.82, 2.24) is 9.79 Å². The molecule has 1 fully saturated rings. The van der Waals surface area contributed by atoms with Gasteiger partial charge in [0.2, 0.25) is 0 Å². The van der Waals surface area contributed by atoms with Gasteiger partial charge < -0.3 is 9.83 Å². The molecular formula is C20H22BBr2ClN2O. The van der Waals surface area contributed by atoms with Crippen LogP contribution in [0.4, 0.5) is 0 Å². The van der Waals surface area contributed by atoms with Gasteiger partial charge in [0.25, 0.3) is 0 Å². The second kappa shape index (κ2) is 8.15. The molecule has 2 heterocycles. The van der Waals surface area contributed by atoms with Crippen LogP contribution >= 0.6 is 43.5 Å². The van der Waals surface area contributed by atoms with E-state index in [9.17, 15) is 5.02 Å². The predicted octanol–water partition coefficient (Wildman–Crippen LogP) is 5.31. The van der Waals surface area contributed by atoms with Crippen molar-refractivity contribution in [2.24, 2.45) is 5.92 Å². The van der Waals surface area contributed by atoms with Gasteiger partial charge >= 0.3 is 7.05 Å². The maximum Gasteiger partial charge on any atom is 0.376 e. The lowest BCUT2D eigenvalue weighted by atomic mass is 9.73. The molecule has 27 heavy (non-hydrogen) atoms. The molecule has 1 aliphatic carbocycles. The molecule has 0 bridgehead atoms. The SMILES string of the molecule is CB(O)N1CCC([C@H]2c3ncc(Br)cc3CCc3cc(Cl)cc(Br)c32)CC1. The Morgan fingerprint density at radius 1 is 1.15 bits per heavy atom. The van der Waals surface area contributed by atoms with Crippen LogP contribution in [0.25, 0.3) is 0 Å². The van der Waals surface area contributed by atoms with Crippen LogP contribution in [-0.4, -0.2) is 35.0 Å². The summed E-state index contributed by atoms with van der Waals surface area (Å²) in [5, 5.41) is 10.7. The van der Waals surface area contributed by atoms with Crippen molar-refractivity contribution in [3.05, 3.63) is 60.7 Å². The van der Waals surface area contributed by atoms with Crippen molar-refractivity contribution in [3.8, 4) is 0 Å². The maximum atomic E-state index is 9.93. The second-order valence-electron chi connectivity index (χ2n) is 7.64. The first-order chi connectivity index (χ1) is 12.9. The molecule has 0 amide bonds. The highest BCUT2D eigenvalue weighted by Gasteiger charge is 2.36. The van der Waals surface area contributed by atoms with E-state index >= 15 is 0 Å². The molecule has 0 spiro atoms. The number of hydrogen-bond donors (Lipinski definition) is 1. The molecule has 1 aliphatic heterocycles. The number of aromatic nitrogens is 1. The first-order valence-electron chi connectivity index (χ1n) is 9.48. The molecule has 1 aromatic heterocycles. The van der Waals surface area contributed by atoms with Crippen LogP contribution in [-0.2, 0) is 12.8 Å². The van der Waals surface area contributed by atoms with Crippen molar-refractivity contribution in [3.63, 3.8) is 0 Å². The number of nitrogens with zero attached hydrogens (tertiary/aromatic N) is 2. The van der Waals surface area contributed by atoms with Crippen LogP contribution in [0.5, 0.6) is 0 Å². The summed E-state index contributed by atoms with van der Waals surface area (Å²) in [6, 6.07) is 6.37. The third-order valence-electron chi connectivity index (χ3n) is 5.99. The lowest BCUT2D eigenvalue weighted by molar-refractivity contribution is 0.234. The van der Waals surface area contributed by atoms with Crippen LogP contribution in [0.15, 0.2) is 33.3 Å². The molecule has 7 heteroatoms. The minimum atomic E-state index is -0.376. The van der Waals surface area contributed by atoms with Gasteiger partial charge in [-0.25, -0.2) is 0 Å². The van der Waals surface area contributed by atoms with Gasteiger partial charge in [0.15, 0.2) is 0 Å². The highest BCUT2D eigenvalue weighted by molar-refractivity contribution is 9.10. The number of halogens is 3. The summed E-state index contributed by atoms with van der Waals surface area (Å²) < 4.78 is 2.12. The van der Waals surface area contributed by atoms with Gasteiger partial charge in [-0.3, -0.25) is 4.98 Å². The van der Waals surface area contributed by atoms with Crippen LogP contribution in [0.2, 0.25) is 11.8 Å². The maximum absolute atomic E-state index is 9.93. The Hall–Kier alpha value is -0.395. The number of fused-ring (bicyclic) bond motifs is 2. The zero-order chi connectivity index (χ0) is 19.1. The number of rotatable bonds is 2. The van der Waals surface area contributed by atoms with E-state index in [1.807, 2.05) is 19.1 Å². The molecule has 2 aromatic rings. The van der Waals surface area contributed by atoms with Crippen molar-refractivity contribution in [2.75, 3.05) is 13.1 Å². The van der Waals surface area contributed by atoms with E-state index in [1.165, 1.54) is 22.4 Å². The molecule has 0 unspecified atom stereocenters. The van der Waals surface area contributed by atoms with E-state index in [0.717, 1.165) is 52.7 Å². The molecule has 1 saturated heterocycles. The summed E-state index contributed by atoms with van der Waals surface area (Å²) >= 11 is 13.8. The predicted molar refractivity (Wildman–Crippen MR) is 118 cm³/mol. The van der Waals surface area contributed by atoms with E-state index in [0.29, 0.717) is 5.92 Å². The minimum Gasteiger partial charge on any atom is -0.437 e. The highest BCUT2D eigenvalue weighted by Crippen LogP contribution is 2.46. The Balaban J connectivity index is 1.79. The highest BCUT2D eigenvalue weighted by atomic mass is 79.9. The van der Waals surface area contributed by atoms with Gasteiger partial charge in [0.05, 0.1) is 5.69 Å². The minimum absolute atomic E-state index is 0.258. The lowest BCUT2D eigenvalue weighted by Gasteiger charge is -2.37. The fraction of sp³-hybridized carbons (Fsp3) is 0.450. The third kappa shape index (κ3) is 4.02. The van der Waals surface area contributed by atoms with Crippen LogP contribution in [0.3, 0.4) is 0 Å². The quantitative estimate of drug-likeness (QED) is 0.554. The Kier molecular flexibility index (Phi) is 6.01. The summed E-state index contributed by atoms with van der Waals surface area (Å²) in [5.74, 6) is 0.759. The normalized spacial score (nSPS) is 20.7. The van der Waals surface area contributed by atoms with Crippen LogP contribution < -0.4 is 0 Å². The second-order valence-corrected chi connectivity index (χ2v) is 9.85. The van der Waals surface area contributed by atoms with Gasteiger partial charge in [0, 0.05) is 26.1 Å². The van der Waals surface area contributed by atoms with Gasteiger partial charge in [-0.15, -0.1) is 0 Å². The standard InChI is InChI=1S/C20H22BBr2ClN2O/c1-21(27)26-6-4-12(5-7-26)19-18-13(9-16(24)10-17(18)23)2-3-14-8-15(22)11-25-20(14)19/h8-12,19,27H,2-7H2,1H3/t19-/m1/s1. The molecular weight excluding hydrogens is 490 g/mol. The smallest absolute Gasteiger partial charge is 0.376 e. The zero-order valence-corrected chi connectivity index (χ0v) is 19.2. The molecule has 0 radical (unpaired) electrons. The monoisotopic (exact) mass is 510 g/mol. The molecule has 3 nitrogen and oxygen atoms in total. The Bertz CT molecular complexity index is 856. The molecule has 4 rings (SSSR count). The van der Waals surface area contributed by atoms with Gasteiger partial charge in [-0.05, 0) is 102 Å². The van der Waals surface area contributed by atoms with E-state index in [2.05, 4.69) is 48.8 Å². The molecule has 1 aromatic carbocycles. The van der Waals surface area contributed by atoms with E-state index in [-0.39, 0.29) is 13.0 Å². The summed E-state index contributed by atoms with van der Waals surface area (Å²) in [7, 11) is -0.376. The summed E-state index contributed by atoms with van der Waals surface area (Å²) in [6.07, 6.45) is 5.99. The van der Waals surface area contributed by atoms with Gasteiger partial charge in [-0.1, -0.05) is 27.5 Å². The van der Waals surface area contributed by atoms with Gasteiger partial charge in [-0.2, -0.15) is 0 Å². The average Bonchev–Trinajstić information content (AvgIpc) is 2.78. The van der Waals surface area contributed by atoms with Gasteiger partial charge in [0.1, 0.15) is 0 Å². The lowest BCUT2D eigenvalue weighted by Crippen LogP contribution is -2.44. The average molecular weight is 512 g/mol. The first-order valence-corrected chi connectivity index (χ1v) is 11.4.